The highest BCUT2D eigenvalue weighted by Crippen LogP contribution is 2.30. The fourth-order valence-corrected chi connectivity index (χ4v) is 3.64. The Balaban J connectivity index is 1.70. The second kappa shape index (κ2) is 7.01. The number of ether oxygens (including phenoxy) is 1. The van der Waals surface area contributed by atoms with Gasteiger partial charge >= 0.3 is 5.97 Å². The van der Waals surface area contributed by atoms with Gasteiger partial charge in [-0.25, -0.2) is 9.78 Å². The Morgan fingerprint density at radius 2 is 2.17 bits per heavy atom. The van der Waals surface area contributed by atoms with Crippen molar-refractivity contribution in [3.05, 3.63) is 51.1 Å². The molecule has 24 heavy (non-hydrogen) atoms. The third-order valence-electron chi connectivity index (χ3n) is 3.30. The molecule has 124 valence electrons. The highest BCUT2D eigenvalue weighted by atomic mass is 35.5. The molecule has 0 radical (unpaired) electrons. The molecule has 1 aromatic heterocycles. The Morgan fingerprint density at radius 1 is 1.38 bits per heavy atom. The number of amides is 1. The van der Waals surface area contributed by atoms with Crippen molar-refractivity contribution in [2.45, 2.75) is 18.6 Å². The van der Waals surface area contributed by atoms with Gasteiger partial charge in [-0.2, -0.15) is 0 Å². The van der Waals surface area contributed by atoms with E-state index >= 15 is 0 Å². The highest BCUT2D eigenvalue weighted by Gasteiger charge is 2.27. The number of halogens is 2. The molecule has 0 fully saturated rings. The first kappa shape index (κ1) is 17.1. The second-order valence-electron chi connectivity index (χ2n) is 5.14. The van der Waals surface area contributed by atoms with E-state index in [-0.39, 0.29) is 18.3 Å². The highest BCUT2D eigenvalue weighted by molar-refractivity contribution is 8.00. The van der Waals surface area contributed by atoms with E-state index in [1.807, 2.05) is 13.0 Å². The number of rotatable bonds is 4. The Kier molecular flexibility index (Phi) is 4.99. The van der Waals surface area contributed by atoms with Gasteiger partial charge in [0.1, 0.15) is 11.6 Å². The van der Waals surface area contributed by atoms with Gasteiger partial charge in [-0.15, -0.1) is 0 Å². The zero-order chi connectivity index (χ0) is 17.3. The molecule has 3 rings (SSSR count). The summed E-state index contributed by atoms with van der Waals surface area (Å²) in [7, 11) is 0. The van der Waals surface area contributed by atoms with Gasteiger partial charge in [0.15, 0.2) is 0 Å². The number of thioether (sulfide) groups is 1. The van der Waals surface area contributed by atoms with Crippen LogP contribution in [0, 0.1) is 6.92 Å². The number of hydrogen-bond donors (Lipinski definition) is 1. The summed E-state index contributed by atoms with van der Waals surface area (Å²) in [6, 6.07) is 6.64. The smallest absolute Gasteiger partial charge is 0.341 e. The SMILES string of the molecule is Cc1cc2c(c(SCC(=O)Nc3ccc(Cl)cc3Cl)n1)C(=O)OC2. The molecule has 1 amide bonds. The van der Waals surface area contributed by atoms with Crippen LogP contribution in [0.2, 0.25) is 10.0 Å². The first-order valence-corrected chi connectivity index (χ1v) is 8.73. The van der Waals surface area contributed by atoms with Gasteiger partial charge in [0.05, 0.1) is 22.0 Å². The van der Waals surface area contributed by atoms with E-state index in [1.54, 1.807) is 18.2 Å². The van der Waals surface area contributed by atoms with Crippen LogP contribution >= 0.6 is 35.0 Å². The molecule has 8 heteroatoms. The van der Waals surface area contributed by atoms with Crippen molar-refractivity contribution in [3.8, 4) is 0 Å². The van der Waals surface area contributed by atoms with E-state index in [1.165, 1.54) is 11.8 Å². The van der Waals surface area contributed by atoms with Crippen LogP contribution in [0.25, 0.3) is 0 Å². The molecule has 0 aliphatic carbocycles. The number of hydrogen-bond acceptors (Lipinski definition) is 5. The van der Waals surface area contributed by atoms with E-state index < -0.39 is 5.97 Å². The number of nitrogens with zero attached hydrogens (tertiary/aromatic N) is 1. The van der Waals surface area contributed by atoms with Crippen molar-refractivity contribution in [2.24, 2.45) is 0 Å². The van der Waals surface area contributed by atoms with Crippen molar-refractivity contribution in [1.82, 2.24) is 4.98 Å². The number of aryl methyl sites for hydroxylation is 1. The predicted octanol–water partition coefficient (Wildman–Crippen LogP) is 4.10. The normalized spacial score (nSPS) is 12.7. The van der Waals surface area contributed by atoms with Crippen LogP contribution in [0.5, 0.6) is 0 Å². The van der Waals surface area contributed by atoms with Crippen molar-refractivity contribution < 1.29 is 14.3 Å². The third-order valence-corrected chi connectivity index (χ3v) is 4.83. The third kappa shape index (κ3) is 3.66. The molecule has 0 saturated carbocycles. The standard InChI is InChI=1S/C16H12Cl2N2O3S/c1-8-4-9-6-23-16(22)14(9)15(19-8)24-7-13(21)20-12-3-2-10(17)5-11(12)18/h2-5H,6-7H2,1H3,(H,20,21). The van der Waals surface area contributed by atoms with E-state index in [9.17, 15) is 9.59 Å². The van der Waals surface area contributed by atoms with E-state index in [2.05, 4.69) is 10.3 Å². The van der Waals surface area contributed by atoms with E-state index in [0.29, 0.717) is 26.3 Å². The topological polar surface area (TPSA) is 68.3 Å². The lowest BCUT2D eigenvalue weighted by Gasteiger charge is -2.08. The number of esters is 1. The minimum atomic E-state index is -0.402. The number of cyclic esters (lactones) is 1. The van der Waals surface area contributed by atoms with Gasteiger partial charge in [0.25, 0.3) is 0 Å². The summed E-state index contributed by atoms with van der Waals surface area (Å²) in [5.41, 5.74) is 2.50. The number of carbonyl (C=O) groups excluding carboxylic acids is 2. The molecule has 0 unspecified atom stereocenters. The van der Waals surface area contributed by atoms with Crippen molar-refractivity contribution in [1.29, 1.82) is 0 Å². The molecule has 1 aliphatic heterocycles. The fraction of sp³-hybridized carbons (Fsp3) is 0.188. The molecule has 2 aromatic rings. The average molecular weight is 383 g/mol. The van der Waals surface area contributed by atoms with Crippen LogP contribution in [0.3, 0.4) is 0 Å². The number of nitrogens with one attached hydrogen (secondary N) is 1. The van der Waals surface area contributed by atoms with Gasteiger partial charge in [-0.3, -0.25) is 4.79 Å². The summed E-state index contributed by atoms with van der Waals surface area (Å²) in [5.74, 6) is -0.566. The van der Waals surface area contributed by atoms with Crippen molar-refractivity contribution in [2.75, 3.05) is 11.1 Å². The van der Waals surface area contributed by atoms with E-state index in [0.717, 1.165) is 11.3 Å². The lowest BCUT2D eigenvalue weighted by Crippen LogP contribution is -2.15. The Bertz CT molecular complexity index is 842. The minimum absolute atomic E-state index is 0.0924. The Morgan fingerprint density at radius 3 is 2.92 bits per heavy atom. The number of pyridine rings is 1. The summed E-state index contributed by atoms with van der Waals surface area (Å²) in [4.78, 5) is 28.3. The van der Waals surface area contributed by atoms with Crippen molar-refractivity contribution in [3.63, 3.8) is 0 Å². The van der Waals surface area contributed by atoms with Gasteiger partial charge < -0.3 is 10.1 Å². The molecule has 0 bridgehead atoms. The van der Waals surface area contributed by atoms with Crippen molar-refractivity contribution >= 4 is 52.5 Å². The van der Waals surface area contributed by atoms with E-state index in [4.69, 9.17) is 27.9 Å². The van der Waals surface area contributed by atoms with Crippen LogP contribution in [0.1, 0.15) is 21.6 Å². The molecule has 5 nitrogen and oxygen atoms in total. The lowest BCUT2D eigenvalue weighted by molar-refractivity contribution is -0.113. The maximum absolute atomic E-state index is 12.1. The minimum Gasteiger partial charge on any atom is -0.457 e. The molecular weight excluding hydrogens is 371 g/mol. The number of benzene rings is 1. The van der Waals surface area contributed by atoms with Gasteiger partial charge in [-0.1, -0.05) is 35.0 Å². The zero-order valence-electron chi connectivity index (χ0n) is 12.6. The molecule has 0 saturated heterocycles. The maximum Gasteiger partial charge on any atom is 0.341 e. The summed E-state index contributed by atoms with van der Waals surface area (Å²) in [6.45, 7) is 2.08. The van der Waals surface area contributed by atoms with Crippen LogP contribution in [-0.2, 0) is 16.1 Å². The average Bonchev–Trinajstić information content (AvgIpc) is 2.89. The Hall–Kier alpha value is -1.76. The van der Waals surface area contributed by atoms with Crippen LogP contribution in [-0.4, -0.2) is 22.6 Å². The van der Waals surface area contributed by atoms with Gasteiger partial charge in [0, 0.05) is 16.3 Å². The molecular formula is C16H12Cl2N2O3S. The quantitative estimate of drug-likeness (QED) is 0.636. The second-order valence-corrected chi connectivity index (χ2v) is 6.95. The number of anilines is 1. The molecule has 2 heterocycles. The molecule has 0 atom stereocenters. The fourth-order valence-electron chi connectivity index (χ4n) is 2.27. The number of fused-ring (bicyclic) bond motifs is 1. The van der Waals surface area contributed by atoms with Gasteiger partial charge in [0.2, 0.25) is 5.91 Å². The molecule has 1 aromatic carbocycles. The monoisotopic (exact) mass is 382 g/mol. The summed E-state index contributed by atoms with van der Waals surface area (Å²) < 4.78 is 5.03. The first-order valence-electron chi connectivity index (χ1n) is 6.99. The number of aromatic nitrogens is 1. The predicted molar refractivity (Wildman–Crippen MR) is 93.9 cm³/mol. The zero-order valence-corrected chi connectivity index (χ0v) is 14.9. The summed E-state index contributed by atoms with van der Waals surface area (Å²) >= 11 is 13.0. The molecule has 1 aliphatic rings. The largest absolute Gasteiger partial charge is 0.457 e. The lowest BCUT2D eigenvalue weighted by atomic mass is 10.1. The van der Waals surface area contributed by atoms with Crippen LogP contribution < -0.4 is 5.32 Å². The van der Waals surface area contributed by atoms with Crippen LogP contribution in [0.4, 0.5) is 5.69 Å². The maximum atomic E-state index is 12.1. The first-order chi connectivity index (χ1) is 11.4. The summed E-state index contributed by atoms with van der Waals surface area (Å²) in [6.07, 6.45) is 0. The Labute approximate surface area is 152 Å². The van der Waals surface area contributed by atoms with Gasteiger partial charge in [-0.05, 0) is 31.2 Å². The molecule has 0 spiro atoms. The van der Waals surface area contributed by atoms with Crippen LogP contribution in [0.15, 0.2) is 29.3 Å². The summed E-state index contributed by atoms with van der Waals surface area (Å²) in [5, 5.41) is 4.06. The number of carbonyl (C=O) groups is 2. The molecule has 1 N–H and O–H groups in total.